The van der Waals surface area contributed by atoms with Crippen molar-refractivity contribution in [1.29, 1.82) is 5.26 Å². The third kappa shape index (κ3) is 7.23. The quantitative estimate of drug-likeness (QED) is 0.280. The smallest absolute Gasteiger partial charge is 0.214 e. The highest BCUT2D eigenvalue weighted by molar-refractivity contribution is 6.31. The summed E-state index contributed by atoms with van der Waals surface area (Å²) in [7, 11) is 3.97. The molecule has 0 unspecified atom stereocenters. The summed E-state index contributed by atoms with van der Waals surface area (Å²) < 4.78 is 0. The molecular weight excluding hydrogens is 541 g/mol. The van der Waals surface area contributed by atoms with Gasteiger partial charge in [-0.2, -0.15) is 5.26 Å². The Morgan fingerprint density at radius 2 is 1.50 bits per heavy atom. The Morgan fingerprint density at radius 1 is 0.900 bits per heavy atom. The van der Waals surface area contributed by atoms with Gasteiger partial charge >= 0.3 is 0 Å². The third-order valence-electron chi connectivity index (χ3n) is 7.62. The van der Waals surface area contributed by atoms with Crippen LogP contribution in [0.2, 0.25) is 10.0 Å². The number of carbonyl (C=O) groups is 1. The van der Waals surface area contributed by atoms with E-state index < -0.39 is 0 Å². The minimum Gasteiger partial charge on any atom is -0.314 e. The van der Waals surface area contributed by atoms with E-state index in [0.29, 0.717) is 18.7 Å². The van der Waals surface area contributed by atoms with Gasteiger partial charge in [-0.25, -0.2) is 0 Å². The first-order chi connectivity index (χ1) is 19.2. The molecule has 3 aromatic rings. The van der Waals surface area contributed by atoms with Crippen LogP contribution in [0, 0.1) is 25.2 Å². The molecule has 40 heavy (non-hydrogen) atoms. The van der Waals surface area contributed by atoms with Crippen LogP contribution in [-0.4, -0.2) is 74.5 Å². The van der Waals surface area contributed by atoms with Crippen molar-refractivity contribution in [3.63, 3.8) is 0 Å². The van der Waals surface area contributed by atoms with Crippen LogP contribution in [0.1, 0.15) is 39.4 Å². The summed E-state index contributed by atoms with van der Waals surface area (Å²) in [4.78, 5) is 20.4. The lowest BCUT2D eigenvalue weighted by Crippen LogP contribution is -2.47. The van der Waals surface area contributed by atoms with E-state index in [-0.39, 0.29) is 6.04 Å². The molecule has 1 aliphatic heterocycles. The first-order valence-corrected chi connectivity index (χ1v) is 14.3. The van der Waals surface area contributed by atoms with E-state index in [9.17, 15) is 10.1 Å². The summed E-state index contributed by atoms with van der Waals surface area (Å²) in [5, 5.41) is 11.3. The molecule has 0 aliphatic carbocycles. The number of halogens is 2. The first kappa shape index (κ1) is 30.0. The van der Waals surface area contributed by atoms with Gasteiger partial charge in [0.1, 0.15) is 0 Å². The summed E-state index contributed by atoms with van der Waals surface area (Å²) in [5.41, 5.74) is 6.96. The van der Waals surface area contributed by atoms with Gasteiger partial charge in [0, 0.05) is 61.5 Å². The summed E-state index contributed by atoms with van der Waals surface area (Å²) in [6, 6.07) is 20.7. The Kier molecular flexibility index (Phi) is 10.2. The normalized spacial score (nSPS) is 14.5. The molecular formula is C32H37Cl2N5O. The largest absolute Gasteiger partial charge is 0.314 e. The highest BCUT2D eigenvalue weighted by atomic mass is 35.5. The molecule has 8 heteroatoms. The first-order valence-electron chi connectivity index (χ1n) is 13.6. The number of amides is 1. The SMILES string of the molecule is Cc1cc(C(c2ccc(Cl)c(C)c2)N2CCN(Cc3cc(N(C=O)CCN(C)C)ccc3C#N)CC2)ccc1Cl. The minimum absolute atomic E-state index is 0.0879. The zero-order valence-electron chi connectivity index (χ0n) is 23.7. The van der Waals surface area contributed by atoms with Gasteiger partial charge < -0.3 is 9.80 Å². The van der Waals surface area contributed by atoms with Gasteiger partial charge in [-0.1, -0.05) is 47.5 Å². The number of nitrogens with zero attached hydrogens (tertiary/aromatic N) is 5. The molecule has 3 aromatic carbocycles. The predicted octanol–water partition coefficient (Wildman–Crippen LogP) is 5.91. The molecule has 1 amide bonds. The van der Waals surface area contributed by atoms with Gasteiger partial charge in [0.15, 0.2) is 0 Å². The van der Waals surface area contributed by atoms with Crippen molar-refractivity contribution in [2.24, 2.45) is 0 Å². The molecule has 1 fully saturated rings. The van der Waals surface area contributed by atoms with Gasteiger partial charge in [-0.05, 0) is 86.1 Å². The summed E-state index contributed by atoms with van der Waals surface area (Å²) in [6.07, 6.45) is 0.866. The molecule has 0 bridgehead atoms. The van der Waals surface area contributed by atoms with E-state index in [0.717, 1.165) is 71.6 Å². The van der Waals surface area contributed by atoms with Crippen molar-refractivity contribution in [3.05, 3.63) is 98.0 Å². The zero-order chi connectivity index (χ0) is 28.8. The number of hydrogen-bond donors (Lipinski definition) is 0. The van der Waals surface area contributed by atoms with E-state index in [1.54, 1.807) is 4.90 Å². The fourth-order valence-electron chi connectivity index (χ4n) is 5.26. The predicted molar refractivity (Wildman–Crippen MR) is 164 cm³/mol. The lowest BCUT2D eigenvalue weighted by molar-refractivity contribution is -0.107. The highest BCUT2D eigenvalue weighted by Crippen LogP contribution is 2.34. The van der Waals surface area contributed by atoms with Crippen LogP contribution in [0.5, 0.6) is 0 Å². The molecule has 0 saturated carbocycles. The van der Waals surface area contributed by atoms with Gasteiger partial charge in [-0.3, -0.25) is 14.6 Å². The lowest BCUT2D eigenvalue weighted by Gasteiger charge is -2.40. The monoisotopic (exact) mass is 577 g/mol. The minimum atomic E-state index is 0.0879. The Morgan fingerprint density at radius 3 is 2.00 bits per heavy atom. The number of hydrogen-bond acceptors (Lipinski definition) is 5. The van der Waals surface area contributed by atoms with Gasteiger partial charge in [0.05, 0.1) is 17.7 Å². The van der Waals surface area contributed by atoms with E-state index >= 15 is 0 Å². The third-order valence-corrected chi connectivity index (χ3v) is 8.47. The maximum atomic E-state index is 11.8. The van der Waals surface area contributed by atoms with E-state index in [1.165, 1.54) is 11.1 Å². The Labute approximate surface area is 248 Å². The van der Waals surface area contributed by atoms with Crippen LogP contribution < -0.4 is 4.90 Å². The van der Waals surface area contributed by atoms with E-state index in [4.69, 9.17) is 23.2 Å². The van der Waals surface area contributed by atoms with Crippen LogP contribution in [0.4, 0.5) is 5.69 Å². The number of rotatable bonds is 10. The summed E-state index contributed by atoms with van der Waals surface area (Å²) in [6.45, 7) is 9.58. The standard InChI is InChI=1S/C32H37Cl2N5O/c1-23-17-25(6-9-30(23)33)32(26-7-10-31(34)24(2)18-26)38-15-12-37(13-16-38)21-28-19-29(8-5-27(28)20-35)39(22-40)14-11-36(3)4/h5-10,17-19,22,32H,11-16,21H2,1-4H3. The number of aryl methyl sites for hydroxylation is 2. The maximum Gasteiger partial charge on any atom is 0.214 e. The van der Waals surface area contributed by atoms with Crippen LogP contribution >= 0.6 is 23.2 Å². The summed E-state index contributed by atoms with van der Waals surface area (Å²) in [5.74, 6) is 0. The molecule has 0 atom stereocenters. The van der Waals surface area contributed by atoms with Gasteiger partial charge in [0.2, 0.25) is 6.41 Å². The molecule has 6 nitrogen and oxygen atoms in total. The average Bonchev–Trinajstić information content (AvgIpc) is 2.94. The van der Waals surface area contributed by atoms with Crippen molar-refractivity contribution in [1.82, 2.24) is 14.7 Å². The van der Waals surface area contributed by atoms with Crippen LogP contribution in [-0.2, 0) is 11.3 Å². The molecule has 1 aliphatic rings. The molecule has 0 N–H and O–H groups in total. The Hall–Kier alpha value is -2.92. The number of likely N-dealkylation sites (N-methyl/N-ethyl adjacent to an activating group) is 1. The fourth-order valence-corrected chi connectivity index (χ4v) is 5.49. The number of benzene rings is 3. The Bertz CT molecular complexity index is 1330. The van der Waals surface area contributed by atoms with Crippen molar-refractivity contribution in [2.45, 2.75) is 26.4 Å². The zero-order valence-corrected chi connectivity index (χ0v) is 25.2. The van der Waals surface area contributed by atoms with Gasteiger partial charge in [-0.15, -0.1) is 0 Å². The number of anilines is 1. The fraction of sp³-hybridized carbons (Fsp3) is 0.375. The van der Waals surface area contributed by atoms with Crippen molar-refractivity contribution in [2.75, 3.05) is 58.3 Å². The number of nitriles is 1. The number of piperazine rings is 1. The van der Waals surface area contributed by atoms with Gasteiger partial charge in [0.25, 0.3) is 0 Å². The maximum absolute atomic E-state index is 11.8. The molecule has 4 rings (SSSR count). The molecule has 1 heterocycles. The Balaban J connectivity index is 1.52. The lowest BCUT2D eigenvalue weighted by atomic mass is 9.94. The van der Waals surface area contributed by atoms with Crippen LogP contribution in [0.25, 0.3) is 0 Å². The molecule has 0 aromatic heterocycles. The molecule has 0 spiro atoms. The van der Waals surface area contributed by atoms with E-state index in [2.05, 4.69) is 40.1 Å². The van der Waals surface area contributed by atoms with Crippen LogP contribution in [0.15, 0.2) is 54.6 Å². The van der Waals surface area contributed by atoms with E-state index in [1.807, 2.05) is 63.2 Å². The second kappa shape index (κ2) is 13.6. The molecule has 1 saturated heterocycles. The summed E-state index contributed by atoms with van der Waals surface area (Å²) >= 11 is 12.7. The average molecular weight is 579 g/mol. The van der Waals surface area contributed by atoms with Crippen molar-refractivity contribution in [3.8, 4) is 6.07 Å². The number of carbonyl (C=O) groups excluding carboxylic acids is 1. The molecule has 210 valence electrons. The van der Waals surface area contributed by atoms with Crippen molar-refractivity contribution < 1.29 is 4.79 Å². The topological polar surface area (TPSA) is 53.8 Å². The van der Waals surface area contributed by atoms with Crippen molar-refractivity contribution >= 4 is 35.3 Å². The van der Waals surface area contributed by atoms with Crippen LogP contribution in [0.3, 0.4) is 0 Å². The molecule has 0 radical (unpaired) electrons. The second-order valence-corrected chi connectivity index (χ2v) is 11.6. The highest BCUT2D eigenvalue weighted by Gasteiger charge is 2.27. The second-order valence-electron chi connectivity index (χ2n) is 10.8.